The maximum absolute atomic E-state index is 13.5. The second-order valence-corrected chi connectivity index (χ2v) is 10.1. The highest BCUT2D eigenvalue weighted by atomic mass is 16.5. The van der Waals surface area contributed by atoms with E-state index in [1.807, 2.05) is 19.1 Å². The molecule has 1 atom stereocenters. The number of nitrogens with one attached hydrogen (secondary N) is 1. The van der Waals surface area contributed by atoms with Crippen molar-refractivity contribution in [2.75, 3.05) is 30.1 Å². The van der Waals surface area contributed by atoms with Crippen LogP contribution < -0.4 is 24.6 Å². The molecule has 2 heterocycles. The maximum atomic E-state index is 13.5. The monoisotopic (exact) mass is 505 g/mol. The molecule has 2 aliphatic rings. The number of benzene rings is 2. The van der Waals surface area contributed by atoms with Gasteiger partial charge in [-0.25, -0.2) is 9.69 Å². The van der Waals surface area contributed by atoms with Crippen molar-refractivity contribution in [3.05, 3.63) is 53.1 Å². The van der Waals surface area contributed by atoms with E-state index in [0.29, 0.717) is 29.4 Å². The number of methoxy groups -OCH3 is 1. The van der Waals surface area contributed by atoms with E-state index in [1.54, 1.807) is 31.4 Å². The van der Waals surface area contributed by atoms with Gasteiger partial charge in [0.05, 0.1) is 19.4 Å². The van der Waals surface area contributed by atoms with Crippen LogP contribution in [-0.2, 0) is 9.59 Å². The quantitative estimate of drug-likeness (QED) is 0.408. The highest BCUT2D eigenvalue weighted by molar-refractivity contribution is 6.39. The molecule has 4 amide bonds. The number of hydrogen-bond acceptors (Lipinski definition) is 6. The van der Waals surface area contributed by atoms with Crippen LogP contribution in [0, 0.1) is 0 Å². The summed E-state index contributed by atoms with van der Waals surface area (Å²) in [6.45, 7) is 12.1. The largest absolute Gasteiger partial charge is 0.496 e. The zero-order chi connectivity index (χ0) is 26.9. The number of barbiturate groups is 1. The van der Waals surface area contributed by atoms with Gasteiger partial charge in [0, 0.05) is 35.5 Å². The Morgan fingerprint density at radius 3 is 2.57 bits per heavy atom. The molecule has 196 valence electrons. The second-order valence-electron chi connectivity index (χ2n) is 10.1. The zero-order valence-corrected chi connectivity index (χ0v) is 22.4. The maximum Gasteiger partial charge on any atom is 0.335 e. The minimum absolute atomic E-state index is 0.0104. The fraction of sp³-hybridized carbons (Fsp3) is 0.414. The smallest absolute Gasteiger partial charge is 0.335 e. The van der Waals surface area contributed by atoms with Crippen LogP contribution in [0.4, 0.5) is 16.2 Å². The normalized spacial score (nSPS) is 20.1. The molecule has 1 saturated heterocycles. The number of fused-ring (bicyclic) bond motifs is 1. The highest BCUT2D eigenvalue weighted by Gasteiger charge is 2.39. The molecule has 0 radical (unpaired) electrons. The minimum Gasteiger partial charge on any atom is -0.496 e. The summed E-state index contributed by atoms with van der Waals surface area (Å²) in [7, 11) is 1.57. The third-order valence-corrected chi connectivity index (χ3v) is 6.97. The van der Waals surface area contributed by atoms with Gasteiger partial charge in [-0.05, 0) is 69.4 Å². The van der Waals surface area contributed by atoms with E-state index in [-0.39, 0.29) is 17.0 Å². The van der Waals surface area contributed by atoms with E-state index in [9.17, 15) is 14.4 Å². The van der Waals surface area contributed by atoms with E-state index < -0.39 is 17.8 Å². The van der Waals surface area contributed by atoms with Gasteiger partial charge in [0.15, 0.2) is 0 Å². The van der Waals surface area contributed by atoms with Gasteiger partial charge in [0.25, 0.3) is 11.8 Å². The molecule has 0 aromatic heterocycles. The van der Waals surface area contributed by atoms with Crippen molar-refractivity contribution in [3.63, 3.8) is 0 Å². The van der Waals surface area contributed by atoms with E-state index in [4.69, 9.17) is 9.47 Å². The summed E-state index contributed by atoms with van der Waals surface area (Å²) in [5.74, 6) is -0.0956. The average Bonchev–Trinajstić information content (AvgIpc) is 2.84. The van der Waals surface area contributed by atoms with Crippen LogP contribution in [0.25, 0.3) is 6.08 Å². The third-order valence-electron chi connectivity index (χ3n) is 6.97. The van der Waals surface area contributed by atoms with Gasteiger partial charge < -0.3 is 14.4 Å². The van der Waals surface area contributed by atoms with Crippen LogP contribution in [0.15, 0.2) is 42.0 Å². The van der Waals surface area contributed by atoms with Crippen LogP contribution in [0.5, 0.6) is 11.5 Å². The second kappa shape index (κ2) is 10.3. The lowest BCUT2D eigenvalue weighted by atomic mass is 9.79. The first kappa shape index (κ1) is 26.3. The Hall–Kier alpha value is -3.81. The van der Waals surface area contributed by atoms with Gasteiger partial charge in [-0.3, -0.25) is 14.9 Å². The Labute approximate surface area is 218 Å². The number of imide groups is 2. The van der Waals surface area contributed by atoms with Crippen LogP contribution in [0.3, 0.4) is 0 Å². The van der Waals surface area contributed by atoms with E-state index in [2.05, 4.69) is 37.9 Å². The number of carbonyl (C=O) groups excluding carboxylic acids is 3. The van der Waals surface area contributed by atoms with E-state index in [1.165, 1.54) is 6.08 Å². The topological polar surface area (TPSA) is 88.2 Å². The predicted octanol–water partition coefficient (Wildman–Crippen LogP) is 5.26. The summed E-state index contributed by atoms with van der Waals surface area (Å²) in [4.78, 5) is 42.3. The molecule has 8 nitrogen and oxygen atoms in total. The molecular formula is C29H35N3O5. The van der Waals surface area contributed by atoms with Gasteiger partial charge in [0.2, 0.25) is 0 Å². The molecule has 1 fully saturated rings. The fourth-order valence-electron chi connectivity index (χ4n) is 5.39. The Bertz CT molecular complexity index is 1270. The van der Waals surface area contributed by atoms with Crippen LogP contribution >= 0.6 is 0 Å². The van der Waals surface area contributed by atoms with Crippen LogP contribution in [0.1, 0.15) is 64.5 Å². The summed E-state index contributed by atoms with van der Waals surface area (Å²) in [6.07, 6.45) is 3.49. The van der Waals surface area contributed by atoms with Gasteiger partial charge >= 0.3 is 6.03 Å². The molecule has 0 bridgehead atoms. The van der Waals surface area contributed by atoms with Crippen molar-refractivity contribution in [2.45, 2.75) is 58.9 Å². The average molecular weight is 506 g/mol. The summed E-state index contributed by atoms with van der Waals surface area (Å²) < 4.78 is 11.2. The van der Waals surface area contributed by atoms with Gasteiger partial charge in [-0.2, -0.15) is 0 Å². The summed E-state index contributed by atoms with van der Waals surface area (Å²) in [5.41, 5.74) is 3.02. The number of urea groups is 1. The minimum atomic E-state index is -0.802. The first-order valence-electron chi connectivity index (χ1n) is 12.7. The lowest BCUT2D eigenvalue weighted by Crippen LogP contribution is -2.54. The molecular weight excluding hydrogens is 470 g/mol. The molecule has 0 saturated carbocycles. The van der Waals surface area contributed by atoms with E-state index in [0.717, 1.165) is 35.5 Å². The van der Waals surface area contributed by atoms with Gasteiger partial charge in [-0.15, -0.1) is 0 Å². The molecule has 8 heteroatoms. The summed E-state index contributed by atoms with van der Waals surface area (Å²) in [5, 5.41) is 2.29. The Morgan fingerprint density at radius 1 is 1.14 bits per heavy atom. The number of amides is 4. The SMILES string of the molecule is CCCN1c2cc(OC)c(/C=C3/C(=O)NC(=O)N(c4cccc(OCC)c4)C3=O)cc2C(C)CC1(C)C. The number of ether oxygens (including phenoxy) is 2. The number of anilines is 2. The van der Waals surface area contributed by atoms with Crippen molar-refractivity contribution in [3.8, 4) is 11.5 Å². The number of carbonyl (C=O) groups is 3. The van der Waals surface area contributed by atoms with Gasteiger partial charge in [-0.1, -0.05) is 19.9 Å². The fourth-order valence-corrected chi connectivity index (χ4v) is 5.39. The molecule has 37 heavy (non-hydrogen) atoms. The molecule has 4 rings (SSSR count). The molecule has 0 aliphatic carbocycles. The summed E-state index contributed by atoms with van der Waals surface area (Å²) >= 11 is 0. The van der Waals surface area contributed by atoms with Crippen molar-refractivity contribution >= 4 is 35.3 Å². The van der Waals surface area contributed by atoms with Crippen molar-refractivity contribution in [1.29, 1.82) is 0 Å². The number of hydrogen-bond donors (Lipinski definition) is 1. The molecule has 2 aromatic rings. The Morgan fingerprint density at radius 2 is 1.89 bits per heavy atom. The highest BCUT2D eigenvalue weighted by Crippen LogP contribution is 2.46. The van der Waals surface area contributed by atoms with Crippen molar-refractivity contribution < 1.29 is 23.9 Å². The van der Waals surface area contributed by atoms with Crippen molar-refractivity contribution in [1.82, 2.24) is 5.32 Å². The van der Waals surface area contributed by atoms with E-state index >= 15 is 0 Å². The summed E-state index contributed by atoms with van der Waals surface area (Å²) in [6, 6.07) is 9.85. The third kappa shape index (κ3) is 4.92. The Balaban J connectivity index is 1.78. The molecule has 1 N–H and O–H groups in total. The number of nitrogens with zero attached hydrogens (tertiary/aromatic N) is 2. The zero-order valence-electron chi connectivity index (χ0n) is 22.4. The standard InChI is InChI=1S/C29H35N3O5/c1-7-12-31-24-16-25(36-6)19(13-22(24)18(3)17-29(31,4)5)14-23-26(33)30-28(35)32(27(23)34)20-10-9-11-21(15-20)37-8-2/h9-11,13-16,18H,7-8,12,17H2,1-6H3,(H,30,33,35)/b23-14-. The number of rotatable bonds is 7. The van der Waals surface area contributed by atoms with Crippen molar-refractivity contribution in [2.24, 2.45) is 0 Å². The first-order chi connectivity index (χ1) is 17.6. The van der Waals surface area contributed by atoms with Gasteiger partial charge in [0.1, 0.15) is 17.1 Å². The Kier molecular flexibility index (Phi) is 7.30. The first-order valence-corrected chi connectivity index (χ1v) is 12.7. The predicted molar refractivity (Wildman–Crippen MR) is 144 cm³/mol. The molecule has 1 unspecified atom stereocenters. The van der Waals surface area contributed by atoms with Crippen LogP contribution in [-0.4, -0.2) is 43.6 Å². The molecule has 2 aromatic carbocycles. The lowest BCUT2D eigenvalue weighted by Gasteiger charge is -2.48. The lowest BCUT2D eigenvalue weighted by molar-refractivity contribution is -0.122. The molecule has 0 spiro atoms. The van der Waals surface area contributed by atoms with Crippen LogP contribution in [0.2, 0.25) is 0 Å². The molecule has 2 aliphatic heterocycles.